The molecule has 0 spiro atoms. The molecule has 1 aromatic carbocycles. The largest absolute Gasteiger partial charge is 0.497 e. The molecule has 70 valence electrons. The van der Waals surface area contributed by atoms with Gasteiger partial charge in [0.05, 0.1) is 7.11 Å². The van der Waals surface area contributed by atoms with Crippen LogP contribution in [-0.4, -0.2) is 18.2 Å². The Bertz CT molecular complexity index is 311. The summed E-state index contributed by atoms with van der Waals surface area (Å²) < 4.78 is 17.7. The number of hydrogen-bond acceptors (Lipinski definition) is 2. The summed E-state index contributed by atoms with van der Waals surface area (Å²) in [6, 6.07) is 5.93. The van der Waals surface area contributed by atoms with Gasteiger partial charge in [-0.25, -0.2) is 9.18 Å². The summed E-state index contributed by atoms with van der Waals surface area (Å²) in [6.07, 6.45) is -1.99. The van der Waals surface area contributed by atoms with Crippen molar-refractivity contribution in [3.8, 4) is 5.75 Å². The van der Waals surface area contributed by atoms with Crippen molar-refractivity contribution in [3.05, 3.63) is 29.8 Å². The molecule has 1 atom stereocenters. The van der Waals surface area contributed by atoms with Crippen LogP contribution in [0.2, 0.25) is 0 Å². The Kier molecular flexibility index (Phi) is 2.84. The second-order valence-corrected chi connectivity index (χ2v) is 2.48. The number of aliphatic carboxylic acids is 1. The summed E-state index contributed by atoms with van der Waals surface area (Å²) in [5.74, 6) is -1.05. The van der Waals surface area contributed by atoms with E-state index in [0.29, 0.717) is 5.75 Å². The summed E-state index contributed by atoms with van der Waals surface area (Å²) in [4.78, 5) is 10.3. The third kappa shape index (κ3) is 2.18. The zero-order valence-corrected chi connectivity index (χ0v) is 7.03. The molecule has 13 heavy (non-hydrogen) atoms. The quantitative estimate of drug-likeness (QED) is 0.778. The lowest BCUT2D eigenvalue weighted by Gasteiger charge is -2.05. The Morgan fingerprint density at radius 1 is 1.62 bits per heavy atom. The van der Waals surface area contributed by atoms with Gasteiger partial charge in [-0.15, -0.1) is 0 Å². The van der Waals surface area contributed by atoms with Crippen molar-refractivity contribution in [2.45, 2.75) is 6.17 Å². The molecule has 0 amide bonds. The Hall–Kier alpha value is -1.58. The van der Waals surface area contributed by atoms with Gasteiger partial charge in [0.25, 0.3) is 0 Å². The fourth-order valence-corrected chi connectivity index (χ4v) is 0.942. The lowest BCUT2D eigenvalue weighted by Crippen LogP contribution is -2.05. The number of rotatable bonds is 3. The highest BCUT2D eigenvalue weighted by molar-refractivity contribution is 5.74. The number of carbonyl (C=O) groups is 1. The van der Waals surface area contributed by atoms with Gasteiger partial charge in [-0.3, -0.25) is 0 Å². The van der Waals surface area contributed by atoms with Crippen molar-refractivity contribution in [1.82, 2.24) is 0 Å². The highest BCUT2D eigenvalue weighted by atomic mass is 19.1. The van der Waals surface area contributed by atoms with Gasteiger partial charge in [0, 0.05) is 5.56 Å². The fourth-order valence-electron chi connectivity index (χ4n) is 0.942. The van der Waals surface area contributed by atoms with E-state index in [2.05, 4.69) is 0 Å². The predicted molar refractivity (Wildman–Crippen MR) is 44.5 cm³/mol. The second kappa shape index (κ2) is 3.89. The molecule has 0 saturated carbocycles. The van der Waals surface area contributed by atoms with Crippen LogP contribution < -0.4 is 4.74 Å². The summed E-state index contributed by atoms with van der Waals surface area (Å²) in [7, 11) is 1.44. The second-order valence-electron chi connectivity index (χ2n) is 2.48. The zero-order chi connectivity index (χ0) is 9.84. The lowest BCUT2D eigenvalue weighted by molar-refractivity contribution is -0.143. The number of carboxylic acids is 1. The SMILES string of the molecule is COc1cccc([C@@H](F)C(=O)O)c1. The summed E-state index contributed by atoms with van der Waals surface area (Å²) in [5.41, 5.74) is 0.0897. The Labute approximate surface area is 74.8 Å². The van der Waals surface area contributed by atoms with Crippen LogP contribution in [0.3, 0.4) is 0 Å². The van der Waals surface area contributed by atoms with Crippen LogP contribution in [0.25, 0.3) is 0 Å². The Morgan fingerprint density at radius 2 is 2.31 bits per heavy atom. The first-order valence-corrected chi connectivity index (χ1v) is 3.66. The monoisotopic (exact) mass is 184 g/mol. The van der Waals surface area contributed by atoms with E-state index >= 15 is 0 Å². The fraction of sp³-hybridized carbons (Fsp3) is 0.222. The maximum atomic E-state index is 12.9. The third-order valence-electron chi connectivity index (χ3n) is 1.60. The smallest absolute Gasteiger partial charge is 0.343 e. The van der Waals surface area contributed by atoms with Crippen molar-refractivity contribution in [1.29, 1.82) is 0 Å². The molecule has 0 aliphatic heterocycles. The van der Waals surface area contributed by atoms with Crippen molar-refractivity contribution in [2.24, 2.45) is 0 Å². The van der Waals surface area contributed by atoms with Crippen molar-refractivity contribution >= 4 is 5.97 Å². The molecule has 4 heteroatoms. The Morgan fingerprint density at radius 3 is 2.85 bits per heavy atom. The minimum absolute atomic E-state index is 0.0897. The molecule has 1 aromatic rings. The molecule has 1 N–H and O–H groups in total. The number of carboxylic acid groups (broad SMARTS) is 1. The van der Waals surface area contributed by atoms with Crippen LogP contribution in [0.15, 0.2) is 24.3 Å². The predicted octanol–water partition coefficient (Wildman–Crippen LogP) is 1.79. The first kappa shape index (κ1) is 9.51. The van der Waals surface area contributed by atoms with Gasteiger partial charge >= 0.3 is 5.97 Å². The number of hydrogen-bond donors (Lipinski definition) is 1. The zero-order valence-electron chi connectivity index (χ0n) is 7.03. The lowest BCUT2D eigenvalue weighted by atomic mass is 10.1. The van der Waals surface area contributed by atoms with E-state index in [1.54, 1.807) is 12.1 Å². The van der Waals surface area contributed by atoms with Crippen LogP contribution in [-0.2, 0) is 4.79 Å². The maximum absolute atomic E-state index is 12.9. The van der Waals surface area contributed by atoms with Gasteiger partial charge < -0.3 is 9.84 Å². The number of alkyl halides is 1. The average molecular weight is 184 g/mol. The van der Waals surface area contributed by atoms with Crippen molar-refractivity contribution < 1.29 is 19.0 Å². The molecule has 0 aliphatic carbocycles. The van der Waals surface area contributed by atoms with Gasteiger partial charge in [0.2, 0.25) is 6.17 Å². The number of benzene rings is 1. The molecule has 1 rings (SSSR count). The van der Waals surface area contributed by atoms with Gasteiger partial charge in [-0.05, 0) is 12.1 Å². The maximum Gasteiger partial charge on any atom is 0.343 e. The molecule has 3 nitrogen and oxygen atoms in total. The van der Waals surface area contributed by atoms with E-state index in [9.17, 15) is 9.18 Å². The van der Waals surface area contributed by atoms with Crippen LogP contribution in [0, 0.1) is 0 Å². The minimum Gasteiger partial charge on any atom is -0.497 e. The number of ether oxygens (including phenoxy) is 1. The first-order valence-electron chi connectivity index (χ1n) is 3.66. The molecule has 0 aliphatic rings. The molecule has 0 heterocycles. The van der Waals surface area contributed by atoms with Gasteiger partial charge in [-0.2, -0.15) is 0 Å². The molecular formula is C9H9FO3. The van der Waals surface area contributed by atoms with Gasteiger partial charge in [0.15, 0.2) is 0 Å². The van der Waals surface area contributed by atoms with Crippen molar-refractivity contribution in [2.75, 3.05) is 7.11 Å². The molecule has 0 radical (unpaired) electrons. The first-order chi connectivity index (χ1) is 6.15. The van der Waals surface area contributed by atoms with Gasteiger partial charge in [0.1, 0.15) is 5.75 Å². The van der Waals surface area contributed by atoms with Crippen LogP contribution in [0.4, 0.5) is 4.39 Å². The topological polar surface area (TPSA) is 46.5 Å². The molecular weight excluding hydrogens is 175 g/mol. The minimum atomic E-state index is -1.99. The number of halogens is 1. The van der Waals surface area contributed by atoms with E-state index in [-0.39, 0.29) is 5.56 Å². The van der Waals surface area contributed by atoms with Crippen LogP contribution >= 0.6 is 0 Å². The third-order valence-corrected chi connectivity index (χ3v) is 1.60. The van der Waals surface area contributed by atoms with Crippen LogP contribution in [0.5, 0.6) is 5.75 Å². The molecule has 0 fully saturated rings. The van der Waals surface area contributed by atoms with Gasteiger partial charge in [-0.1, -0.05) is 12.1 Å². The van der Waals surface area contributed by atoms with E-state index in [4.69, 9.17) is 9.84 Å². The van der Waals surface area contributed by atoms with Crippen molar-refractivity contribution in [3.63, 3.8) is 0 Å². The average Bonchev–Trinajstić information content (AvgIpc) is 2.16. The van der Waals surface area contributed by atoms with E-state index in [1.807, 2.05) is 0 Å². The molecule has 0 saturated heterocycles. The van der Waals surface area contributed by atoms with E-state index in [0.717, 1.165) is 0 Å². The normalized spacial score (nSPS) is 12.2. The van der Waals surface area contributed by atoms with E-state index < -0.39 is 12.1 Å². The van der Waals surface area contributed by atoms with E-state index in [1.165, 1.54) is 19.2 Å². The summed E-state index contributed by atoms with van der Waals surface area (Å²) >= 11 is 0. The molecule has 0 bridgehead atoms. The number of methoxy groups -OCH3 is 1. The standard InChI is InChI=1S/C9H9FO3/c1-13-7-4-2-3-6(5-7)8(10)9(11)12/h2-5,8H,1H3,(H,11,12)/t8-/m1/s1. The Balaban J connectivity index is 2.94. The highest BCUT2D eigenvalue weighted by Crippen LogP contribution is 2.21. The highest BCUT2D eigenvalue weighted by Gasteiger charge is 2.18. The van der Waals surface area contributed by atoms with Crippen LogP contribution in [0.1, 0.15) is 11.7 Å². The molecule has 0 aromatic heterocycles. The molecule has 0 unspecified atom stereocenters. The summed E-state index contributed by atoms with van der Waals surface area (Å²) in [5, 5.41) is 8.38. The summed E-state index contributed by atoms with van der Waals surface area (Å²) in [6.45, 7) is 0.